The number of thiophene rings is 3. The van der Waals surface area contributed by atoms with Crippen LogP contribution in [0.25, 0.3) is 182 Å². The van der Waals surface area contributed by atoms with Crippen molar-refractivity contribution in [3.8, 4) is 77.9 Å². The van der Waals surface area contributed by atoms with Gasteiger partial charge in [0.15, 0.2) is 0 Å². The van der Waals surface area contributed by atoms with Gasteiger partial charge in [0, 0.05) is 105 Å². The Morgan fingerprint density at radius 3 is 1.16 bits per heavy atom. The van der Waals surface area contributed by atoms with Crippen molar-refractivity contribution in [2.24, 2.45) is 0 Å². The zero-order valence-electron chi connectivity index (χ0n) is 59.5. The van der Waals surface area contributed by atoms with Crippen molar-refractivity contribution < 1.29 is 4.42 Å². The highest BCUT2D eigenvalue weighted by Crippen LogP contribution is 2.51. The minimum Gasteiger partial charge on any atom is -0.456 e. The van der Waals surface area contributed by atoms with E-state index in [0.717, 1.165) is 117 Å². The van der Waals surface area contributed by atoms with E-state index in [4.69, 9.17) is 4.42 Å². The van der Waals surface area contributed by atoms with Gasteiger partial charge >= 0.3 is 0 Å². The van der Waals surface area contributed by atoms with Gasteiger partial charge in [-0.05, 0) is 216 Å². The molecule has 18 aromatic carbocycles. The number of furan rings is 1. The number of fused-ring (bicyclic) bond motifs is 14. The monoisotopic (exact) mass is 1450 g/mol. The summed E-state index contributed by atoms with van der Waals surface area (Å²) >= 11 is 5.56. The van der Waals surface area contributed by atoms with Crippen LogP contribution < -0.4 is 9.80 Å². The van der Waals surface area contributed by atoms with Gasteiger partial charge in [0.2, 0.25) is 0 Å². The van der Waals surface area contributed by atoms with Crippen molar-refractivity contribution in [2.75, 3.05) is 9.80 Å². The summed E-state index contributed by atoms with van der Waals surface area (Å²) in [5.41, 5.74) is 24.3. The molecule has 0 bridgehead atoms. The molecule has 0 spiro atoms. The molecule has 0 unspecified atom stereocenters. The largest absolute Gasteiger partial charge is 0.456 e. The number of anilines is 6. The Hall–Kier alpha value is -13.5. The first kappa shape index (κ1) is 63.8. The fourth-order valence-electron chi connectivity index (χ4n) is 17.2. The van der Waals surface area contributed by atoms with E-state index >= 15 is 0 Å². The van der Waals surface area contributed by atoms with Gasteiger partial charge in [-0.25, -0.2) is 0 Å². The Kier molecular flexibility index (Phi) is 15.2. The molecule has 0 saturated carbocycles. The summed E-state index contributed by atoms with van der Waals surface area (Å²) in [5.74, 6) is 0. The normalized spacial score (nSPS) is 11.8. The lowest BCUT2D eigenvalue weighted by Crippen LogP contribution is -2.11. The second-order valence-electron chi connectivity index (χ2n) is 28.5. The second-order valence-corrected chi connectivity index (χ2v) is 31.8. The summed E-state index contributed by atoms with van der Waals surface area (Å²) in [7, 11) is 0. The fraction of sp³-hybridized carbons (Fsp3) is 0. The van der Waals surface area contributed by atoms with E-state index in [-0.39, 0.29) is 0 Å². The van der Waals surface area contributed by atoms with Crippen LogP contribution in [0.15, 0.2) is 393 Å². The third kappa shape index (κ3) is 10.7. The van der Waals surface area contributed by atoms with Crippen molar-refractivity contribution in [2.45, 2.75) is 0 Å². The standard InChI is InChI=1S/C104H64N2OS3/c1-2-27-77-65(21-1)22-17-34-78(77)68-23-15-25-70(59-68)81-28-3-9-40-93(81)106(76-56-58-101-92(64-76)87-31-7-13-44-98(87)109-101)74-53-49-67(50-54-74)90-61-72(62-96-103(90)88-32-5-11-42-95(88)107-96)80-36-19-38-84-79(35-18-39-85(80)84)69-24-16-26-71(60-69)82-29-4-10-41-94(82)105(75-55-57-100-91(63-75)86-30-6-12-43-97(86)108-100)73-51-47-66(48-52-73)83-37-20-46-102-104(83)89-33-8-14-45-99(89)110-102/h1-64H. The number of nitrogens with zero attached hydrogens (tertiary/aromatic N) is 2. The topological polar surface area (TPSA) is 19.6 Å². The van der Waals surface area contributed by atoms with Crippen molar-refractivity contribution in [3.05, 3.63) is 388 Å². The number of para-hydroxylation sites is 3. The zero-order valence-corrected chi connectivity index (χ0v) is 61.9. The molecule has 0 saturated heterocycles. The minimum absolute atomic E-state index is 0.846. The van der Waals surface area contributed by atoms with E-state index in [9.17, 15) is 0 Å². The predicted molar refractivity (Wildman–Crippen MR) is 475 cm³/mol. The van der Waals surface area contributed by atoms with E-state index in [2.05, 4.69) is 398 Å². The van der Waals surface area contributed by atoms with Gasteiger partial charge in [-0.1, -0.05) is 261 Å². The van der Waals surface area contributed by atoms with Gasteiger partial charge in [-0.15, -0.1) is 34.0 Å². The average Bonchev–Trinajstić information content (AvgIpc) is 1.48. The summed E-state index contributed by atoms with van der Waals surface area (Å²) in [6.45, 7) is 0. The molecule has 3 nitrogen and oxygen atoms in total. The van der Waals surface area contributed by atoms with Crippen LogP contribution >= 0.6 is 34.0 Å². The van der Waals surface area contributed by atoms with Gasteiger partial charge in [0.05, 0.1) is 11.4 Å². The van der Waals surface area contributed by atoms with Crippen LogP contribution in [0.1, 0.15) is 0 Å². The Labute approximate surface area is 647 Å². The van der Waals surface area contributed by atoms with Crippen LogP contribution in [0, 0.1) is 0 Å². The fourth-order valence-corrected chi connectivity index (χ4v) is 20.5. The summed E-state index contributed by atoms with van der Waals surface area (Å²) in [5, 5.41) is 14.6. The maximum Gasteiger partial charge on any atom is 0.136 e. The first-order valence-electron chi connectivity index (χ1n) is 37.4. The molecule has 0 N–H and O–H groups in total. The zero-order chi connectivity index (χ0) is 72.3. The number of benzene rings is 18. The molecule has 4 heterocycles. The first-order chi connectivity index (χ1) is 54.5. The Morgan fingerprint density at radius 2 is 0.564 bits per heavy atom. The van der Waals surface area contributed by atoms with Crippen LogP contribution in [0.3, 0.4) is 0 Å². The molecule has 0 amide bonds. The van der Waals surface area contributed by atoms with Gasteiger partial charge in [-0.2, -0.15) is 0 Å². The van der Waals surface area contributed by atoms with Crippen LogP contribution in [0.2, 0.25) is 0 Å². The Bertz CT molecular complexity index is 7430. The second kappa shape index (κ2) is 26.2. The van der Waals surface area contributed by atoms with Crippen LogP contribution in [-0.4, -0.2) is 0 Å². The molecule has 0 aliphatic carbocycles. The number of hydrogen-bond acceptors (Lipinski definition) is 6. The van der Waals surface area contributed by atoms with Crippen molar-refractivity contribution in [1.82, 2.24) is 0 Å². The molecule has 0 aliphatic rings. The van der Waals surface area contributed by atoms with E-state index in [1.165, 1.54) is 98.9 Å². The first-order valence-corrected chi connectivity index (χ1v) is 39.9. The molecule has 0 radical (unpaired) electrons. The lowest BCUT2D eigenvalue weighted by molar-refractivity contribution is 0.669. The highest BCUT2D eigenvalue weighted by Gasteiger charge is 2.25. The molecule has 22 rings (SSSR count). The molecular formula is C104H64N2OS3. The maximum atomic E-state index is 6.94. The molecule has 6 heteroatoms. The predicted octanol–water partition coefficient (Wildman–Crippen LogP) is 31.6. The SMILES string of the molecule is c1cc(-c2ccccc2N(c2ccc(-c3cc(-c4cccc5c(-c6cccc(-c7ccccc7N(c7ccc(-c8cccc9sc%10ccccc%10c89)cc7)c7ccc8sc9ccccc9c8c7)c6)cccc45)cc4oc5ccccc5c34)cc2)c2ccc3sc4ccccc4c3c2)cc(-c2cccc3ccccc23)c1. The van der Waals surface area contributed by atoms with Crippen LogP contribution in [0.4, 0.5) is 34.1 Å². The lowest BCUT2D eigenvalue weighted by Gasteiger charge is -2.28. The van der Waals surface area contributed by atoms with Gasteiger partial charge in [-0.3, -0.25) is 0 Å². The summed E-state index contributed by atoms with van der Waals surface area (Å²) < 4.78 is 14.7. The van der Waals surface area contributed by atoms with Crippen molar-refractivity contribution >= 4 is 172 Å². The summed E-state index contributed by atoms with van der Waals surface area (Å²) in [6.07, 6.45) is 0. The molecule has 22 aromatic rings. The molecule has 4 aromatic heterocycles. The van der Waals surface area contributed by atoms with Gasteiger partial charge < -0.3 is 14.2 Å². The maximum absolute atomic E-state index is 6.94. The summed E-state index contributed by atoms with van der Waals surface area (Å²) in [6, 6.07) is 144. The minimum atomic E-state index is 0.846. The van der Waals surface area contributed by atoms with Crippen LogP contribution in [-0.2, 0) is 0 Å². The van der Waals surface area contributed by atoms with E-state index in [1.54, 1.807) is 0 Å². The third-order valence-electron chi connectivity index (χ3n) is 22.3. The molecule has 110 heavy (non-hydrogen) atoms. The Balaban J connectivity index is 0.647. The molecule has 0 aliphatic heterocycles. The quantitative estimate of drug-likeness (QED) is 0.115. The van der Waals surface area contributed by atoms with E-state index in [1.807, 2.05) is 34.0 Å². The average molecular weight is 1450 g/mol. The Morgan fingerprint density at radius 1 is 0.182 bits per heavy atom. The smallest absolute Gasteiger partial charge is 0.136 e. The van der Waals surface area contributed by atoms with Crippen molar-refractivity contribution in [1.29, 1.82) is 0 Å². The van der Waals surface area contributed by atoms with Crippen molar-refractivity contribution in [3.63, 3.8) is 0 Å². The number of hydrogen-bond donors (Lipinski definition) is 0. The summed E-state index contributed by atoms with van der Waals surface area (Å²) in [4.78, 5) is 4.91. The van der Waals surface area contributed by atoms with E-state index in [0.29, 0.717) is 0 Å². The lowest BCUT2D eigenvalue weighted by atomic mass is 9.89. The van der Waals surface area contributed by atoms with Crippen LogP contribution in [0.5, 0.6) is 0 Å². The molecular weight excluding hydrogens is 1390 g/mol. The highest BCUT2D eigenvalue weighted by atomic mass is 32.1. The number of rotatable bonds is 13. The molecule has 0 fully saturated rings. The highest BCUT2D eigenvalue weighted by molar-refractivity contribution is 7.26. The molecule has 0 atom stereocenters. The van der Waals surface area contributed by atoms with Gasteiger partial charge in [0.25, 0.3) is 0 Å². The van der Waals surface area contributed by atoms with E-state index < -0.39 is 0 Å². The third-order valence-corrected chi connectivity index (χ3v) is 25.7. The van der Waals surface area contributed by atoms with Gasteiger partial charge in [0.1, 0.15) is 11.2 Å². The molecule has 514 valence electrons.